The topological polar surface area (TPSA) is 116 Å². The zero-order chi connectivity index (χ0) is 24.9. The summed E-state index contributed by atoms with van der Waals surface area (Å²) in [7, 11) is 5.10. The molecule has 1 fully saturated rings. The van der Waals surface area contributed by atoms with Crippen LogP contribution in [-0.4, -0.2) is 71.4 Å². The maximum absolute atomic E-state index is 13.3. The van der Waals surface area contributed by atoms with Gasteiger partial charge >= 0.3 is 0 Å². The Morgan fingerprint density at radius 2 is 1.97 bits per heavy atom. The van der Waals surface area contributed by atoms with E-state index in [0.717, 1.165) is 17.7 Å². The number of phenolic OH excluding ortho intramolecular Hbond substituents is 1. The number of aromatic hydroxyl groups is 1. The van der Waals surface area contributed by atoms with E-state index in [-0.39, 0.29) is 59.4 Å². The molecule has 1 aromatic rings. The van der Waals surface area contributed by atoms with Gasteiger partial charge in [0.2, 0.25) is 0 Å². The molecule has 0 amide bonds. The lowest BCUT2D eigenvalue weighted by Crippen LogP contribution is -2.40. The number of hydrogen-bond acceptors (Lipinski definition) is 9. The summed E-state index contributed by atoms with van der Waals surface area (Å²) in [6.07, 6.45) is 3.47. The van der Waals surface area contributed by atoms with Gasteiger partial charge in [0.15, 0.2) is 0 Å². The summed E-state index contributed by atoms with van der Waals surface area (Å²) in [6, 6.07) is 6.61. The van der Waals surface area contributed by atoms with E-state index >= 15 is 0 Å². The molecule has 1 saturated heterocycles. The van der Waals surface area contributed by atoms with Crippen molar-refractivity contribution in [1.82, 2.24) is 10.6 Å². The predicted molar refractivity (Wildman–Crippen MR) is 139 cm³/mol. The van der Waals surface area contributed by atoms with E-state index in [1.807, 2.05) is 19.2 Å². The third-order valence-electron chi connectivity index (χ3n) is 6.21. The van der Waals surface area contributed by atoms with E-state index in [1.54, 1.807) is 33.7 Å². The van der Waals surface area contributed by atoms with Crippen molar-refractivity contribution in [3.63, 3.8) is 0 Å². The quantitative estimate of drug-likeness (QED) is 0.264. The van der Waals surface area contributed by atoms with Crippen LogP contribution in [0.15, 0.2) is 24.3 Å². The first-order valence-electron chi connectivity index (χ1n) is 11.9. The van der Waals surface area contributed by atoms with Crippen LogP contribution in [0.4, 0.5) is 0 Å². The van der Waals surface area contributed by atoms with Crippen LogP contribution in [-0.2, 0) is 20.8 Å². The van der Waals surface area contributed by atoms with Gasteiger partial charge in [0.1, 0.15) is 23.1 Å². The van der Waals surface area contributed by atoms with Gasteiger partial charge in [0.25, 0.3) is 0 Å². The number of ketones is 3. The van der Waals surface area contributed by atoms with Crippen LogP contribution < -0.4 is 10.6 Å². The van der Waals surface area contributed by atoms with Crippen LogP contribution in [0.2, 0.25) is 0 Å². The van der Waals surface area contributed by atoms with E-state index in [4.69, 9.17) is 0 Å². The largest absolute Gasteiger partial charge is 0.508 e. The van der Waals surface area contributed by atoms with Crippen molar-refractivity contribution in [2.75, 3.05) is 32.5 Å². The number of rotatable bonds is 15. The molecule has 0 bridgehead atoms. The Labute approximate surface area is 210 Å². The highest BCUT2D eigenvalue weighted by Gasteiger charge is 2.32. The highest BCUT2D eigenvalue weighted by molar-refractivity contribution is 8.77. The molecule has 0 radical (unpaired) electrons. The number of aliphatic hydroxyl groups is 1. The number of Topliss-reactive ketones (excluding diaryl/α,β-unsaturated/α-hetero) is 3. The number of carbonyl (C=O) groups excluding carboxylic acids is 3. The standard InChI is InChI=1S/C25H38N2O5S2/c1-17(29)23(9-11-26-2)27-15-22(31)8-5-20-10-12-33-34-24(25(20)32)14-19(16-28)13-18-3-6-21(30)7-4-18/h3-4,6-7,19-20,23-24,26-28,30H,5,8-16H2,1-2H3/t19-,20-,23+,24?/m1/s1. The molecule has 1 heterocycles. The lowest BCUT2D eigenvalue weighted by atomic mass is 9.87. The fraction of sp³-hybridized carbons (Fsp3) is 0.640. The van der Waals surface area contributed by atoms with Gasteiger partial charge < -0.3 is 20.8 Å². The van der Waals surface area contributed by atoms with Gasteiger partial charge in [-0.25, -0.2) is 0 Å². The number of hydrogen-bond donors (Lipinski definition) is 4. The smallest absolute Gasteiger partial charge is 0.149 e. The number of carbonyl (C=O) groups is 3. The Bertz CT molecular complexity index is 790. The molecule has 1 unspecified atom stereocenters. The van der Waals surface area contributed by atoms with Crippen LogP contribution in [0.3, 0.4) is 0 Å². The summed E-state index contributed by atoms with van der Waals surface area (Å²) >= 11 is 0. The monoisotopic (exact) mass is 510 g/mol. The molecule has 1 aliphatic heterocycles. The highest BCUT2D eigenvalue weighted by atomic mass is 33.1. The van der Waals surface area contributed by atoms with E-state index in [1.165, 1.54) is 6.92 Å². The van der Waals surface area contributed by atoms with E-state index in [2.05, 4.69) is 10.6 Å². The van der Waals surface area contributed by atoms with Gasteiger partial charge in [-0.3, -0.25) is 14.4 Å². The Morgan fingerprint density at radius 3 is 2.62 bits per heavy atom. The molecule has 0 aliphatic carbocycles. The van der Waals surface area contributed by atoms with E-state index in [0.29, 0.717) is 38.6 Å². The van der Waals surface area contributed by atoms with Crippen molar-refractivity contribution in [3.8, 4) is 5.75 Å². The molecule has 2 rings (SSSR count). The lowest BCUT2D eigenvalue weighted by molar-refractivity contribution is -0.123. The van der Waals surface area contributed by atoms with Gasteiger partial charge in [0.05, 0.1) is 17.8 Å². The minimum absolute atomic E-state index is 0.00439. The first kappa shape index (κ1) is 28.8. The van der Waals surface area contributed by atoms with Crippen molar-refractivity contribution in [2.24, 2.45) is 11.8 Å². The second-order valence-corrected chi connectivity index (χ2v) is 11.7. The fourth-order valence-corrected chi connectivity index (χ4v) is 6.97. The van der Waals surface area contributed by atoms with Crippen LogP contribution in [0.25, 0.3) is 0 Å². The number of benzene rings is 1. The zero-order valence-corrected chi connectivity index (χ0v) is 21.8. The van der Waals surface area contributed by atoms with E-state index < -0.39 is 0 Å². The Balaban J connectivity index is 1.86. The molecular weight excluding hydrogens is 472 g/mol. The first-order chi connectivity index (χ1) is 16.3. The van der Waals surface area contributed by atoms with Gasteiger partial charge in [-0.15, -0.1) is 0 Å². The summed E-state index contributed by atoms with van der Waals surface area (Å²) in [5.74, 6) is 1.08. The van der Waals surface area contributed by atoms with Gasteiger partial charge in [-0.05, 0) is 76.2 Å². The third kappa shape index (κ3) is 10.1. The average molecular weight is 511 g/mol. The van der Waals surface area contributed by atoms with Crippen LogP contribution >= 0.6 is 21.6 Å². The minimum atomic E-state index is -0.336. The second kappa shape index (κ2) is 15.6. The summed E-state index contributed by atoms with van der Waals surface area (Å²) in [5.41, 5.74) is 1.02. The molecule has 0 spiro atoms. The predicted octanol–water partition coefficient (Wildman–Crippen LogP) is 2.78. The molecule has 7 nitrogen and oxygen atoms in total. The van der Waals surface area contributed by atoms with Crippen molar-refractivity contribution >= 4 is 38.9 Å². The molecule has 1 aromatic carbocycles. The fourth-order valence-electron chi connectivity index (χ4n) is 4.10. The average Bonchev–Trinajstić information content (AvgIpc) is 2.99. The molecule has 34 heavy (non-hydrogen) atoms. The Kier molecular flexibility index (Phi) is 13.2. The Morgan fingerprint density at radius 1 is 1.24 bits per heavy atom. The molecular formula is C25H38N2O5S2. The third-order valence-corrected chi connectivity index (χ3v) is 9.01. The number of nitrogens with one attached hydrogen (secondary N) is 2. The molecule has 4 atom stereocenters. The molecule has 1 aliphatic rings. The number of aliphatic hydroxyl groups excluding tert-OH is 1. The van der Waals surface area contributed by atoms with Crippen LogP contribution in [0.5, 0.6) is 5.75 Å². The second-order valence-electron chi connectivity index (χ2n) is 8.96. The Hall–Kier alpha value is -1.39. The lowest BCUT2D eigenvalue weighted by Gasteiger charge is -2.22. The summed E-state index contributed by atoms with van der Waals surface area (Å²) in [4.78, 5) is 37.5. The van der Waals surface area contributed by atoms with E-state index in [9.17, 15) is 24.6 Å². The number of phenols is 1. The SMILES string of the molecule is CNCC[C@H](NCC(=O)CC[C@@H]1CCSSC(C[C@H](CO)Cc2ccc(O)cc2)C1=O)C(C)=O. The maximum atomic E-state index is 13.3. The van der Waals surface area contributed by atoms with Gasteiger partial charge in [-0.2, -0.15) is 0 Å². The normalized spacial score (nSPS) is 20.5. The molecule has 190 valence electrons. The summed E-state index contributed by atoms with van der Waals surface area (Å²) < 4.78 is 0. The van der Waals surface area contributed by atoms with Gasteiger partial charge in [-0.1, -0.05) is 33.7 Å². The van der Waals surface area contributed by atoms with Crippen LogP contribution in [0.1, 0.15) is 44.6 Å². The minimum Gasteiger partial charge on any atom is -0.508 e. The molecule has 4 N–H and O–H groups in total. The first-order valence-corrected chi connectivity index (χ1v) is 14.3. The summed E-state index contributed by atoms with van der Waals surface area (Å²) in [6.45, 7) is 2.36. The van der Waals surface area contributed by atoms with Crippen molar-refractivity contribution in [3.05, 3.63) is 29.8 Å². The highest BCUT2D eigenvalue weighted by Crippen LogP contribution is 2.39. The van der Waals surface area contributed by atoms with Gasteiger partial charge in [0, 0.05) is 24.7 Å². The molecule has 0 aromatic heterocycles. The molecule has 0 saturated carbocycles. The molecule has 9 heteroatoms. The maximum Gasteiger partial charge on any atom is 0.149 e. The van der Waals surface area contributed by atoms with Crippen molar-refractivity contribution in [1.29, 1.82) is 0 Å². The van der Waals surface area contributed by atoms with Crippen LogP contribution in [0, 0.1) is 11.8 Å². The zero-order valence-electron chi connectivity index (χ0n) is 20.1. The van der Waals surface area contributed by atoms with Crippen molar-refractivity contribution in [2.45, 2.75) is 56.7 Å². The summed E-state index contributed by atoms with van der Waals surface area (Å²) in [5, 5.41) is 25.2. The van der Waals surface area contributed by atoms with Crippen molar-refractivity contribution < 1.29 is 24.6 Å².